The number of fused-ring (bicyclic) bond motifs is 1. The summed E-state index contributed by atoms with van der Waals surface area (Å²) in [5.74, 6) is 0.414. The summed E-state index contributed by atoms with van der Waals surface area (Å²) in [5, 5.41) is 0. The van der Waals surface area contributed by atoms with Crippen molar-refractivity contribution < 1.29 is 19.1 Å². The Hall–Kier alpha value is -3.13. The molecule has 1 aromatic carbocycles. The fourth-order valence-electron chi connectivity index (χ4n) is 3.74. The lowest BCUT2D eigenvalue weighted by Gasteiger charge is -2.29. The molecule has 8 heteroatoms. The fraction of sp³-hybridized carbons (Fsp3) is 0.409. The first-order chi connectivity index (χ1) is 14.5. The molecule has 4 rings (SSSR count). The molecule has 3 heterocycles. The van der Waals surface area contributed by atoms with Crippen molar-refractivity contribution in [2.45, 2.75) is 13.0 Å². The van der Waals surface area contributed by atoms with E-state index in [1.165, 1.54) is 4.57 Å². The largest absolute Gasteiger partial charge is 0.484 e. The number of morpholine rings is 1. The van der Waals surface area contributed by atoms with Crippen molar-refractivity contribution in [2.75, 3.05) is 39.5 Å². The minimum atomic E-state index is -0.0696. The molecule has 158 valence electrons. The summed E-state index contributed by atoms with van der Waals surface area (Å²) >= 11 is 0. The average Bonchev–Trinajstić information content (AvgIpc) is 2.78. The van der Waals surface area contributed by atoms with Gasteiger partial charge in [-0.2, -0.15) is 0 Å². The van der Waals surface area contributed by atoms with Crippen molar-refractivity contribution in [3.8, 4) is 5.75 Å². The topological polar surface area (TPSA) is 81.1 Å². The Bertz CT molecular complexity index is 993. The molecular weight excluding hydrogens is 386 g/mol. The highest BCUT2D eigenvalue weighted by atomic mass is 16.5. The maximum absolute atomic E-state index is 12.9. The first kappa shape index (κ1) is 20.2. The number of pyridine rings is 1. The molecule has 2 aromatic rings. The zero-order valence-corrected chi connectivity index (χ0v) is 17.0. The van der Waals surface area contributed by atoms with Gasteiger partial charge in [0.15, 0.2) is 6.61 Å². The second-order valence-corrected chi connectivity index (χ2v) is 7.56. The van der Waals surface area contributed by atoms with Gasteiger partial charge in [-0.1, -0.05) is 0 Å². The summed E-state index contributed by atoms with van der Waals surface area (Å²) in [4.78, 5) is 40.3. The van der Waals surface area contributed by atoms with Crippen molar-refractivity contribution in [1.82, 2.24) is 14.4 Å². The number of hydrogen-bond acceptors (Lipinski definition) is 5. The van der Waals surface area contributed by atoms with Crippen molar-refractivity contribution in [3.63, 3.8) is 0 Å². The number of amides is 2. The summed E-state index contributed by atoms with van der Waals surface area (Å²) in [5.41, 5.74) is 2.54. The van der Waals surface area contributed by atoms with Crippen LogP contribution < -0.4 is 10.3 Å². The Morgan fingerprint density at radius 3 is 2.50 bits per heavy atom. The summed E-state index contributed by atoms with van der Waals surface area (Å²) in [6, 6.07) is 8.50. The van der Waals surface area contributed by atoms with E-state index < -0.39 is 0 Å². The number of benzene rings is 1. The highest BCUT2D eigenvalue weighted by Gasteiger charge is 2.23. The number of carbonyl (C=O) groups is 2. The van der Waals surface area contributed by atoms with Gasteiger partial charge in [-0.3, -0.25) is 14.4 Å². The van der Waals surface area contributed by atoms with Crippen LogP contribution in [0, 0.1) is 0 Å². The van der Waals surface area contributed by atoms with E-state index in [-0.39, 0.29) is 24.0 Å². The van der Waals surface area contributed by atoms with Crippen LogP contribution in [0.15, 0.2) is 41.3 Å². The molecule has 0 N–H and O–H groups in total. The number of nitrogens with zero attached hydrogens (tertiary/aromatic N) is 3. The minimum absolute atomic E-state index is 0.0313. The molecule has 30 heavy (non-hydrogen) atoms. The van der Waals surface area contributed by atoms with Gasteiger partial charge in [0, 0.05) is 51.1 Å². The third kappa shape index (κ3) is 4.38. The van der Waals surface area contributed by atoms with E-state index in [4.69, 9.17) is 9.47 Å². The van der Waals surface area contributed by atoms with Crippen LogP contribution in [-0.4, -0.2) is 65.6 Å². The fourth-order valence-corrected chi connectivity index (χ4v) is 3.74. The maximum atomic E-state index is 12.9. The van der Waals surface area contributed by atoms with E-state index in [0.717, 1.165) is 11.1 Å². The van der Waals surface area contributed by atoms with Crippen LogP contribution in [0.1, 0.15) is 21.5 Å². The second kappa shape index (κ2) is 8.71. The lowest BCUT2D eigenvalue weighted by molar-refractivity contribution is -0.137. The average molecular weight is 411 g/mol. The molecule has 0 bridgehead atoms. The van der Waals surface area contributed by atoms with Crippen molar-refractivity contribution in [1.29, 1.82) is 0 Å². The summed E-state index contributed by atoms with van der Waals surface area (Å²) in [7, 11) is 1.71. The molecule has 2 aliphatic heterocycles. The predicted molar refractivity (Wildman–Crippen MR) is 109 cm³/mol. The zero-order chi connectivity index (χ0) is 21.1. The standard InChI is InChI=1S/C22H25N3O5/c1-23-13-18-14-25(7-6-17(18)12-20(23)26)22(28)16-2-4-19(5-3-16)30-15-21(27)24-8-10-29-11-9-24/h2-5,12-13H,6-11,14-15H2,1H3. The van der Waals surface area contributed by atoms with Gasteiger partial charge in [-0.05, 0) is 41.8 Å². The van der Waals surface area contributed by atoms with Crippen LogP contribution in [0.2, 0.25) is 0 Å². The highest BCUT2D eigenvalue weighted by molar-refractivity contribution is 5.94. The lowest BCUT2D eigenvalue weighted by atomic mass is 10.0. The third-order valence-corrected chi connectivity index (χ3v) is 5.53. The van der Waals surface area contributed by atoms with Crippen LogP contribution in [0.5, 0.6) is 5.75 Å². The molecule has 2 aliphatic rings. The second-order valence-electron chi connectivity index (χ2n) is 7.56. The molecule has 0 saturated carbocycles. The van der Waals surface area contributed by atoms with Crippen LogP contribution >= 0.6 is 0 Å². The Labute approximate surface area is 174 Å². The summed E-state index contributed by atoms with van der Waals surface area (Å²) in [6.07, 6.45) is 2.47. The zero-order valence-electron chi connectivity index (χ0n) is 17.0. The number of rotatable bonds is 4. The van der Waals surface area contributed by atoms with Crippen LogP contribution in [0.3, 0.4) is 0 Å². The Morgan fingerprint density at radius 2 is 1.77 bits per heavy atom. The van der Waals surface area contributed by atoms with E-state index in [1.807, 2.05) is 0 Å². The van der Waals surface area contributed by atoms with Gasteiger partial charge in [0.1, 0.15) is 5.75 Å². The molecule has 0 radical (unpaired) electrons. The van der Waals surface area contributed by atoms with E-state index in [0.29, 0.717) is 57.1 Å². The number of aromatic nitrogens is 1. The quantitative estimate of drug-likeness (QED) is 0.744. The molecule has 8 nitrogen and oxygen atoms in total. The van der Waals surface area contributed by atoms with E-state index >= 15 is 0 Å². The SMILES string of the molecule is Cn1cc2c(cc1=O)CCN(C(=O)c1ccc(OCC(=O)N3CCOCC3)cc1)C2. The summed E-state index contributed by atoms with van der Waals surface area (Å²) in [6.45, 7) is 3.31. The van der Waals surface area contributed by atoms with Crippen LogP contribution in [0.4, 0.5) is 0 Å². The maximum Gasteiger partial charge on any atom is 0.260 e. The highest BCUT2D eigenvalue weighted by Crippen LogP contribution is 2.20. The van der Waals surface area contributed by atoms with E-state index in [1.54, 1.807) is 53.4 Å². The van der Waals surface area contributed by atoms with Gasteiger partial charge >= 0.3 is 0 Å². The number of ether oxygens (including phenoxy) is 2. The number of aryl methyl sites for hydroxylation is 1. The molecule has 0 aliphatic carbocycles. The first-order valence-corrected chi connectivity index (χ1v) is 10.1. The molecule has 0 unspecified atom stereocenters. The molecule has 0 atom stereocenters. The van der Waals surface area contributed by atoms with Gasteiger partial charge in [-0.15, -0.1) is 0 Å². The molecule has 1 saturated heterocycles. The van der Waals surface area contributed by atoms with Gasteiger partial charge in [0.2, 0.25) is 0 Å². The normalized spacial score (nSPS) is 16.2. The summed E-state index contributed by atoms with van der Waals surface area (Å²) < 4.78 is 12.4. The van der Waals surface area contributed by atoms with E-state index in [2.05, 4.69) is 0 Å². The van der Waals surface area contributed by atoms with Gasteiger partial charge in [-0.25, -0.2) is 0 Å². The number of hydrogen-bond donors (Lipinski definition) is 0. The van der Waals surface area contributed by atoms with Gasteiger partial charge in [0.25, 0.3) is 17.4 Å². The predicted octanol–water partition coefficient (Wildman–Crippen LogP) is 0.821. The lowest BCUT2D eigenvalue weighted by Crippen LogP contribution is -2.42. The molecular formula is C22H25N3O5. The smallest absolute Gasteiger partial charge is 0.260 e. The Balaban J connectivity index is 1.35. The molecule has 0 spiro atoms. The third-order valence-electron chi connectivity index (χ3n) is 5.53. The van der Waals surface area contributed by atoms with Crippen LogP contribution in [-0.2, 0) is 29.5 Å². The van der Waals surface area contributed by atoms with Crippen molar-refractivity contribution >= 4 is 11.8 Å². The number of carbonyl (C=O) groups excluding carboxylic acids is 2. The monoisotopic (exact) mass is 411 g/mol. The molecule has 2 amide bonds. The van der Waals surface area contributed by atoms with E-state index in [9.17, 15) is 14.4 Å². The molecule has 1 fully saturated rings. The minimum Gasteiger partial charge on any atom is -0.484 e. The van der Waals surface area contributed by atoms with Gasteiger partial charge < -0.3 is 23.8 Å². The van der Waals surface area contributed by atoms with Crippen molar-refractivity contribution in [2.24, 2.45) is 7.05 Å². The Kier molecular flexibility index (Phi) is 5.85. The molecule has 1 aromatic heterocycles. The van der Waals surface area contributed by atoms with Gasteiger partial charge in [0.05, 0.1) is 13.2 Å². The Morgan fingerprint density at radius 1 is 1.03 bits per heavy atom. The van der Waals surface area contributed by atoms with Crippen LogP contribution in [0.25, 0.3) is 0 Å². The van der Waals surface area contributed by atoms with Crippen molar-refractivity contribution in [3.05, 3.63) is 63.6 Å². The first-order valence-electron chi connectivity index (χ1n) is 10.1.